The number of hydrogen-bond acceptors (Lipinski definition) is 4. The quantitative estimate of drug-likeness (QED) is 0.619. The Kier molecular flexibility index (Phi) is 4.43. The van der Waals surface area contributed by atoms with Crippen LogP contribution in [0.15, 0.2) is 18.2 Å². The summed E-state index contributed by atoms with van der Waals surface area (Å²) in [7, 11) is 2.05. The van der Waals surface area contributed by atoms with Crippen LogP contribution in [0.5, 0.6) is 0 Å². The summed E-state index contributed by atoms with van der Waals surface area (Å²) in [6.45, 7) is 0.308. The first-order chi connectivity index (χ1) is 12.3. The van der Waals surface area contributed by atoms with Crippen LogP contribution in [0.1, 0.15) is 38.5 Å². The van der Waals surface area contributed by atoms with Crippen molar-refractivity contribution in [2.45, 2.75) is 44.1 Å². The van der Waals surface area contributed by atoms with Crippen LogP contribution >= 0.6 is 11.6 Å². The van der Waals surface area contributed by atoms with Crippen LogP contribution in [0.25, 0.3) is 0 Å². The Morgan fingerprint density at radius 2 is 1.85 bits per heavy atom. The SMILES string of the molecule is CN(CC(=O)Nc1ccc(Cl)c([N+](=O)[O-])c1)C12CC3CC(CC(C3)C1)C2. The fourth-order valence-electron chi connectivity index (χ4n) is 5.85. The number of nitro benzene ring substituents is 1. The normalized spacial score (nSPS) is 32.0. The van der Waals surface area contributed by atoms with Crippen LogP contribution in [0.2, 0.25) is 5.02 Å². The number of halogens is 1. The number of anilines is 1. The lowest BCUT2D eigenvalue weighted by Gasteiger charge is -2.59. The molecule has 4 aliphatic carbocycles. The molecule has 0 saturated heterocycles. The Morgan fingerprint density at radius 1 is 1.27 bits per heavy atom. The number of likely N-dealkylation sites (N-methyl/N-ethyl adjacent to an activating group) is 1. The van der Waals surface area contributed by atoms with Crippen molar-refractivity contribution in [3.8, 4) is 0 Å². The van der Waals surface area contributed by atoms with Gasteiger partial charge >= 0.3 is 0 Å². The molecule has 6 nitrogen and oxygen atoms in total. The first-order valence-electron chi connectivity index (χ1n) is 9.30. The van der Waals surface area contributed by atoms with Crippen molar-refractivity contribution in [2.75, 3.05) is 18.9 Å². The lowest BCUT2D eigenvalue weighted by atomic mass is 9.52. The molecule has 4 saturated carbocycles. The van der Waals surface area contributed by atoms with Crippen molar-refractivity contribution in [1.29, 1.82) is 0 Å². The number of benzene rings is 1. The van der Waals surface area contributed by atoms with Crippen molar-refractivity contribution in [1.82, 2.24) is 4.90 Å². The molecular formula is C19H24ClN3O3. The van der Waals surface area contributed by atoms with Crippen molar-refractivity contribution in [2.24, 2.45) is 17.8 Å². The summed E-state index contributed by atoms with van der Waals surface area (Å²) in [4.78, 5) is 25.2. The molecule has 1 aromatic rings. The summed E-state index contributed by atoms with van der Waals surface area (Å²) in [6, 6.07) is 4.35. The van der Waals surface area contributed by atoms with Gasteiger partial charge in [-0.15, -0.1) is 0 Å². The van der Waals surface area contributed by atoms with Gasteiger partial charge in [-0.3, -0.25) is 19.8 Å². The molecule has 1 aromatic carbocycles. The molecule has 0 heterocycles. The van der Waals surface area contributed by atoms with Gasteiger partial charge in [0.05, 0.1) is 11.5 Å². The van der Waals surface area contributed by atoms with Crippen molar-refractivity contribution >= 4 is 28.9 Å². The Labute approximate surface area is 158 Å². The number of nitrogens with one attached hydrogen (secondary N) is 1. The summed E-state index contributed by atoms with van der Waals surface area (Å²) >= 11 is 5.83. The van der Waals surface area contributed by atoms with E-state index in [0.717, 1.165) is 17.8 Å². The van der Waals surface area contributed by atoms with E-state index in [2.05, 4.69) is 17.3 Å². The minimum Gasteiger partial charge on any atom is -0.325 e. The summed E-state index contributed by atoms with van der Waals surface area (Å²) in [5.41, 5.74) is 0.377. The summed E-state index contributed by atoms with van der Waals surface area (Å²) in [5.74, 6) is 2.34. The van der Waals surface area contributed by atoms with E-state index in [9.17, 15) is 14.9 Å². The number of rotatable bonds is 5. The van der Waals surface area contributed by atoms with Crippen molar-refractivity contribution in [3.63, 3.8) is 0 Å². The predicted molar refractivity (Wildman–Crippen MR) is 100 cm³/mol. The highest BCUT2D eigenvalue weighted by atomic mass is 35.5. The Morgan fingerprint density at radius 3 is 2.38 bits per heavy atom. The molecule has 0 atom stereocenters. The standard InChI is InChI=1S/C19H24ClN3O3/c1-22(19-8-12-4-13(9-19)6-14(5-12)10-19)11-18(24)21-15-2-3-16(20)17(7-15)23(25)26/h2-3,7,12-14H,4-6,8-11H2,1H3,(H,21,24). The smallest absolute Gasteiger partial charge is 0.289 e. The number of nitro groups is 1. The summed E-state index contributed by atoms with van der Waals surface area (Å²) < 4.78 is 0. The minimum absolute atomic E-state index is 0.0682. The lowest BCUT2D eigenvalue weighted by Crippen LogP contribution is -2.59. The monoisotopic (exact) mass is 377 g/mol. The highest BCUT2D eigenvalue weighted by Gasteiger charge is 2.52. The topological polar surface area (TPSA) is 75.5 Å². The molecule has 5 rings (SSSR count). The van der Waals surface area contributed by atoms with E-state index in [1.165, 1.54) is 50.7 Å². The molecule has 140 valence electrons. The largest absolute Gasteiger partial charge is 0.325 e. The zero-order valence-electron chi connectivity index (χ0n) is 14.9. The second kappa shape index (κ2) is 6.50. The molecule has 0 unspecified atom stereocenters. The van der Waals surface area contributed by atoms with E-state index >= 15 is 0 Å². The molecule has 0 spiro atoms. The molecule has 0 radical (unpaired) electrons. The van der Waals surface area contributed by atoms with Gasteiger partial charge in [-0.2, -0.15) is 0 Å². The summed E-state index contributed by atoms with van der Waals surface area (Å²) in [5, 5.41) is 13.8. The van der Waals surface area contributed by atoms with Gasteiger partial charge in [0.2, 0.25) is 5.91 Å². The van der Waals surface area contributed by atoms with Crippen molar-refractivity contribution < 1.29 is 9.72 Å². The third-order valence-corrected chi connectivity index (χ3v) is 6.94. The average Bonchev–Trinajstić information content (AvgIpc) is 2.55. The van der Waals surface area contributed by atoms with Gasteiger partial charge in [0.25, 0.3) is 5.69 Å². The van der Waals surface area contributed by atoms with Gasteiger partial charge in [-0.1, -0.05) is 11.6 Å². The Hall–Kier alpha value is -1.66. The molecule has 26 heavy (non-hydrogen) atoms. The van der Waals surface area contributed by atoms with E-state index < -0.39 is 4.92 Å². The van der Waals surface area contributed by atoms with E-state index in [-0.39, 0.29) is 22.2 Å². The average molecular weight is 378 g/mol. The maximum atomic E-state index is 12.5. The van der Waals surface area contributed by atoms with Gasteiger partial charge in [0, 0.05) is 17.3 Å². The highest BCUT2D eigenvalue weighted by molar-refractivity contribution is 6.32. The molecule has 4 fully saturated rings. The van der Waals surface area contributed by atoms with Crippen LogP contribution in [0, 0.1) is 27.9 Å². The van der Waals surface area contributed by atoms with Crippen LogP contribution in [-0.4, -0.2) is 34.9 Å². The lowest BCUT2D eigenvalue weighted by molar-refractivity contribution is -0.384. The Balaban J connectivity index is 1.42. The number of amides is 1. The third kappa shape index (κ3) is 3.21. The van der Waals surface area contributed by atoms with Gasteiger partial charge in [-0.25, -0.2) is 0 Å². The molecule has 1 amide bonds. The van der Waals surface area contributed by atoms with Gasteiger partial charge in [0.1, 0.15) is 5.02 Å². The van der Waals surface area contributed by atoms with E-state index in [1.54, 1.807) is 6.07 Å². The number of carbonyl (C=O) groups excluding carboxylic acids is 1. The molecule has 0 aromatic heterocycles. The first-order valence-corrected chi connectivity index (χ1v) is 9.67. The first kappa shape index (κ1) is 17.7. The van der Waals surface area contributed by atoms with Crippen LogP contribution in [0.3, 0.4) is 0 Å². The third-order valence-electron chi connectivity index (χ3n) is 6.62. The minimum atomic E-state index is -0.542. The van der Waals surface area contributed by atoms with E-state index in [1.807, 2.05) is 0 Å². The number of nitrogens with zero attached hydrogens (tertiary/aromatic N) is 2. The molecular weight excluding hydrogens is 354 g/mol. The molecule has 4 aliphatic rings. The number of hydrogen-bond donors (Lipinski definition) is 1. The second-order valence-corrected chi connectivity index (χ2v) is 8.88. The zero-order valence-corrected chi connectivity index (χ0v) is 15.7. The van der Waals surface area contributed by atoms with Gasteiger partial charge in [0.15, 0.2) is 0 Å². The maximum Gasteiger partial charge on any atom is 0.289 e. The van der Waals surface area contributed by atoms with Crippen LogP contribution in [0.4, 0.5) is 11.4 Å². The Bertz CT molecular complexity index is 716. The van der Waals surface area contributed by atoms with Gasteiger partial charge < -0.3 is 5.32 Å². The fraction of sp³-hybridized carbons (Fsp3) is 0.632. The molecule has 4 bridgehead atoms. The fourth-order valence-corrected chi connectivity index (χ4v) is 6.03. The maximum absolute atomic E-state index is 12.5. The van der Waals surface area contributed by atoms with E-state index in [0.29, 0.717) is 12.2 Å². The molecule has 7 heteroatoms. The summed E-state index contributed by atoms with van der Waals surface area (Å²) in [6.07, 6.45) is 7.72. The van der Waals surface area contributed by atoms with Crippen LogP contribution in [-0.2, 0) is 4.79 Å². The van der Waals surface area contributed by atoms with Crippen LogP contribution < -0.4 is 5.32 Å². The van der Waals surface area contributed by atoms with Crippen molar-refractivity contribution in [3.05, 3.63) is 33.3 Å². The van der Waals surface area contributed by atoms with Gasteiger partial charge in [-0.05, 0) is 75.5 Å². The number of carbonyl (C=O) groups is 1. The zero-order chi connectivity index (χ0) is 18.5. The van der Waals surface area contributed by atoms with E-state index in [4.69, 9.17) is 11.6 Å². The second-order valence-electron chi connectivity index (χ2n) is 8.47. The predicted octanol–water partition coefficient (Wildman–Crippen LogP) is 4.09. The molecule has 1 N–H and O–H groups in total. The molecule has 0 aliphatic heterocycles. The highest BCUT2D eigenvalue weighted by Crippen LogP contribution is 2.57.